The lowest BCUT2D eigenvalue weighted by atomic mass is 10.2. The lowest BCUT2D eigenvalue weighted by Gasteiger charge is -2.24. The van der Waals surface area contributed by atoms with Gasteiger partial charge < -0.3 is 14.4 Å². The molecule has 0 aliphatic carbocycles. The molecule has 0 N–H and O–H groups in total. The van der Waals surface area contributed by atoms with Crippen molar-refractivity contribution in [1.29, 1.82) is 5.26 Å². The molecule has 0 saturated carbocycles. The number of anilines is 1. The third kappa shape index (κ3) is 4.72. The molecule has 1 aromatic rings. The molecule has 0 radical (unpaired) electrons. The van der Waals surface area contributed by atoms with Gasteiger partial charge in [0.05, 0.1) is 35.6 Å². The molecule has 0 fully saturated rings. The Morgan fingerprint density at radius 1 is 1.50 bits per heavy atom. The number of carbonyl (C=O) groups is 1. The maximum atomic E-state index is 11.6. The molecule has 6 heteroatoms. The van der Waals surface area contributed by atoms with Crippen molar-refractivity contribution in [3.05, 3.63) is 28.8 Å². The lowest BCUT2D eigenvalue weighted by Crippen LogP contribution is -2.34. The van der Waals surface area contributed by atoms with Crippen molar-refractivity contribution >= 4 is 23.3 Å². The molecule has 1 aromatic carbocycles. The molecule has 20 heavy (non-hydrogen) atoms. The van der Waals surface area contributed by atoms with E-state index in [2.05, 4.69) is 0 Å². The predicted molar refractivity (Wildman–Crippen MR) is 76.9 cm³/mol. The van der Waals surface area contributed by atoms with Gasteiger partial charge in [-0.05, 0) is 25.1 Å². The highest BCUT2D eigenvalue weighted by Gasteiger charge is 2.15. The quantitative estimate of drug-likeness (QED) is 0.722. The van der Waals surface area contributed by atoms with Crippen LogP contribution in [0.15, 0.2) is 18.2 Å². The number of halogens is 1. The standard InChI is InChI=1S/C14H17ClN2O3/c1-3-20-14(18)10-17(6-7-19-2)13-5-4-11(9-16)8-12(13)15/h4-5,8H,3,6-7,10H2,1-2H3. The van der Waals surface area contributed by atoms with Gasteiger partial charge in [-0.15, -0.1) is 0 Å². The van der Waals surface area contributed by atoms with Crippen LogP contribution >= 0.6 is 11.6 Å². The predicted octanol–water partition coefficient (Wildman–Crippen LogP) is 2.23. The summed E-state index contributed by atoms with van der Waals surface area (Å²) >= 11 is 6.16. The Balaban J connectivity index is 2.92. The number of rotatable bonds is 7. The van der Waals surface area contributed by atoms with Crippen LogP contribution in [-0.4, -0.2) is 39.4 Å². The molecule has 0 aliphatic rings. The Kier molecular flexibility index (Phi) is 6.85. The fraction of sp³-hybridized carbons (Fsp3) is 0.429. The van der Waals surface area contributed by atoms with Gasteiger partial charge >= 0.3 is 5.97 Å². The summed E-state index contributed by atoms with van der Waals surface area (Å²) in [6, 6.07) is 6.97. The first kappa shape index (κ1) is 16.3. The van der Waals surface area contributed by atoms with Crippen molar-refractivity contribution in [2.24, 2.45) is 0 Å². The molecule has 0 amide bonds. The van der Waals surface area contributed by atoms with Crippen LogP contribution in [0.4, 0.5) is 5.69 Å². The molecule has 0 heterocycles. The van der Waals surface area contributed by atoms with E-state index in [0.717, 1.165) is 0 Å². The van der Waals surface area contributed by atoms with E-state index in [1.807, 2.05) is 6.07 Å². The molecule has 5 nitrogen and oxygen atoms in total. The van der Waals surface area contributed by atoms with Crippen LogP contribution in [0.5, 0.6) is 0 Å². The van der Waals surface area contributed by atoms with Crippen LogP contribution < -0.4 is 4.90 Å². The van der Waals surface area contributed by atoms with Crippen molar-refractivity contribution in [2.45, 2.75) is 6.92 Å². The van der Waals surface area contributed by atoms with Crippen molar-refractivity contribution in [2.75, 3.05) is 38.3 Å². The first-order valence-corrected chi connectivity index (χ1v) is 6.59. The van der Waals surface area contributed by atoms with E-state index in [-0.39, 0.29) is 12.5 Å². The second-order valence-electron chi connectivity index (χ2n) is 4.00. The molecule has 0 atom stereocenters. The number of nitriles is 1. The van der Waals surface area contributed by atoms with E-state index in [9.17, 15) is 4.79 Å². The minimum absolute atomic E-state index is 0.0861. The van der Waals surface area contributed by atoms with Gasteiger partial charge in [-0.25, -0.2) is 0 Å². The van der Waals surface area contributed by atoms with E-state index in [1.54, 1.807) is 37.1 Å². The summed E-state index contributed by atoms with van der Waals surface area (Å²) in [5.41, 5.74) is 1.15. The molecule has 0 spiro atoms. The molecule has 108 valence electrons. The average Bonchev–Trinajstić information content (AvgIpc) is 2.43. The number of nitrogens with zero attached hydrogens (tertiary/aromatic N) is 2. The summed E-state index contributed by atoms with van der Waals surface area (Å²) in [6.45, 7) is 3.13. The van der Waals surface area contributed by atoms with Gasteiger partial charge in [0.15, 0.2) is 0 Å². The van der Waals surface area contributed by atoms with E-state index in [0.29, 0.717) is 36.0 Å². The van der Waals surface area contributed by atoms with Gasteiger partial charge in [-0.3, -0.25) is 4.79 Å². The third-order valence-electron chi connectivity index (χ3n) is 2.61. The molecule has 0 aromatic heterocycles. The number of carbonyl (C=O) groups excluding carboxylic acids is 1. The fourth-order valence-electron chi connectivity index (χ4n) is 1.68. The zero-order valence-electron chi connectivity index (χ0n) is 11.6. The largest absolute Gasteiger partial charge is 0.465 e. The van der Waals surface area contributed by atoms with E-state index in [1.165, 1.54) is 0 Å². The van der Waals surface area contributed by atoms with Crippen molar-refractivity contribution in [3.8, 4) is 6.07 Å². The Morgan fingerprint density at radius 3 is 2.80 bits per heavy atom. The first-order valence-electron chi connectivity index (χ1n) is 6.21. The topological polar surface area (TPSA) is 62.6 Å². The van der Waals surface area contributed by atoms with Gasteiger partial charge in [0, 0.05) is 13.7 Å². The van der Waals surface area contributed by atoms with Crippen LogP contribution in [0.1, 0.15) is 12.5 Å². The van der Waals surface area contributed by atoms with Gasteiger partial charge in [-0.2, -0.15) is 5.26 Å². The molecule has 0 saturated heterocycles. The second kappa shape index (κ2) is 8.41. The second-order valence-corrected chi connectivity index (χ2v) is 4.40. The highest BCUT2D eigenvalue weighted by Crippen LogP contribution is 2.26. The lowest BCUT2D eigenvalue weighted by molar-refractivity contribution is -0.141. The van der Waals surface area contributed by atoms with Crippen LogP contribution in [0.25, 0.3) is 0 Å². The van der Waals surface area contributed by atoms with E-state index >= 15 is 0 Å². The van der Waals surface area contributed by atoms with Crippen molar-refractivity contribution < 1.29 is 14.3 Å². The Hall–Kier alpha value is -1.77. The minimum Gasteiger partial charge on any atom is -0.465 e. The maximum Gasteiger partial charge on any atom is 0.325 e. The number of benzene rings is 1. The van der Waals surface area contributed by atoms with Crippen LogP contribution in [0, 0.1) is 11.3 Å². The van der Waals surface area contributed by atoms with E-state index in [4.69, 9.17) is 26.3 Å². The number of hydrogen-bond acceptors (Lipinski definition) is 5. The van der Waals surface area contributed by atoms with Gasteiger partial charge in [0.1, 0.15) is 6.54 Å². The molecule has 0 unspecified atom stereocenters. The third-order valence-corrected chi connectivity index (χ3v) is 2.91. The van der Waals surface area contributed by atoms with Crippen LogP contribution in [0.3, 0.4) is 0 Å². The maximum absolute atomic E-state index is 11.6. The van der Waals surface area contributed by atoms with Crippen molar-refractivity contribution in [3.63, 3.8) is 0 Å². The molecule has 1 rings (SSSR count). The van der Waals surface area contributed by atoms with Gasteiger partial charge in [0.25, 0.3) is 0 Å². The average molecular weight is 297 g/mol. The minimum atomic E-state index is -0.330. The smallest absolute Gasteiger partial charge is 0.325 e. The van der Waals surface area contributed by atoms with Crippen LogP contribution in [-0.2, 0) is 14.3 Å². The Bertz CT molecular complexity index is 500. The van der Waals surface area contributed by atoms with Crippen molar-refractivity contribution in [1.82, 2.24) is 0 Å². The van der Waals surface area contributed by atoms with Gasteiger partial charge in [-0.1, -0.05) is 11.6 Å². The molecular formula is C14H17ClN2O3. The van der Waals surface area contributed by atoms with E-state index < -0.39 is 0 Å². The summed E-state index contributed by atoms with van der Waals surface area (Å²) < 4.78 is 9.97. The fourth-order valence-corrected chi connectivity index (χ4v) is 1.98. The van der Waals surface area contributed by atoms with Gasteiger partial charge in [0.2, 0.25) is 0 Å². The number of ether oxygens (including phenoxy) is 2. The monoisotopic (exact) mass is 296 g/mol. The molecule has 0 aliphatic heterocycles. The summed E-state index contributed by atoms with van der Waals surface area (Å²) in [6.07, 6.45) is 0. The number of esters is 1. The Morgan fingerprint density at radius 2 is 2.25 bits per heavy atom. The first-order chi connectivity index (χ1) is 9.62. The normalized spacial score (nSPS) is 9.90. The molecule has 0 bridgehead atoms. The molecular weight excluding hydrogens is 280 g/mol. The SMILES string of the molecule is CCOC(=O)CN(CCOC)c1ccc(C#N)cc1Cl. The van der Waals surface area contributed by atoms with Crippen LogP contribution in [0.2, 0.25) is 5.02 Å². The zero-order chi connectivity index (χ0) is 15.0. The number of methoxy groups -OCH3 is 1. The summed E-state index contributed by atoms with van der Waals surface area (Å²) in [5.74, 6) is -0.330. The summed E-state index contributed by atoms with van der Waals surface area (Å²) in [5, 5.41) is 9.25. The number of hydrogen-bond donors (Lipinski definition) is 0. The highest BCUT2D eigenvalue weighted by molar-refractivity contribution is 6.33. The summed E-state index contributed by atoms with van der Waals surface area (Å²) in [7, 11) is 1.59. The summed E-state index contributed by atoms with van der Waals surface area (Å²) in [4.78, 5) is 13.4. The Labute approximate surface area is 123 Å². The zero-order valence-corrected chi connectivity index (χ0v) is 12.3. The highest BCUT2D eigenvalue weighted by atomic mass is 35.5.